The summed E-state index contributed by atoms with van der Waals surface area (Å²) in [6.45, 7) is 1.54. The summed E-state index contributed by atoms with van der Waals surface area (Å²) in [6.07, 6.45) is -4.34. The molecule has 0 rings (SSSR count). The molecular weight excluding hydrogens is 233 g/mol. The Bertz CT molecular complexity index is 318. The van der Waals surface area contributed by atoms with E-state index in [1.807, 2.05) is 0 Å². The third kappa shape index (κ3) is 5.78. The summed E-state index contributed by atoms with van der Waals surface area (Å²) < 4.78 is 42.4. The van der Waals surface area contributed by atoms with Crippen molar-refractivity contribution in [3.05, 3.63) is 12.2 Å². The fraction of sp³-hybridized carbons (Fsp3) is 0.375. The topological polar surface area (TPSA) is 69.7 Å². The Balaban J connectivity index is 4.20. The Morgan fingerprint density at radius 2 is 1.62 bits per heavy atom. The number of halogens is 3. The molecule has 0 aromatic heterocycles. The molecule has 0 aliphatic rings. The van der Waals surface area contributed by atoms with Crippen LogP contribution in [0.15, 0.2) is 12.2 Å². The average Bonchev–Trinajstić information content (AvgIpc) is 2.13. The molecule has 0 saturated heterocycles. The van der Waals surface area contributed by atoms with Gasteiger partial charge in [0.05, 0.1) is 6.61 Å². The molecule has 0 spiro atoms. The Labute approximate surface area is 87.8 Å². The molecule has 0 aromatic rings. The third-order valence-corrected chi connectivity index (χ3v) is 1.07. The SMILES string of the molecule is CCOC(=O)/C=C/C(=O)OC(=O)C(F)(F)F. The Hall–Kier alpha value is -1.86. The normalized spacial score (nSPS) is 11.2. The summed E-state index contributed by atoms with van der Waals surface area (Å²) >= 11 is 0. The van der Waals surface area contributed by atoms with E-state index in [9.17, 15) is 27.6 Å². The summed E-state index contributed by atoms with van der Waals surface area (Å²) in [5, 5.41) is 0. The number of carbonyl (C=O) groups excluding carboxylic acids is 3. The van der Waals surface area contributed by atoms with Gasteiger partial charge in [0, 0.05) is 12.2 Å². The van der Waals surface area contributed by atoms with Crippen molar-refractivity contribution in [2.75, 3.05) is 6.61 Å². The number of hydrogen-bond acceptors (Lipinski definition) is 5. The van der Waals surface area contributed by atoms with Crippen LogP contribution in [0, 0.1) is 0 Å². The second kappa shape index (κ2) is 5.89. The standard InChI is InChI=1S/C8H7F3O5/c1-2-15-5(12)3-4-6(13)16-7(14)8(9,10)11/h3-4H,2H2,1H3/b4-3+. The molecular formula is C8H7F3O5. The average molecular weight is 240 g/mol. The van der Waals surface area contributed by atoms with Crippen molar-refractivity contribution >= 4 is 17.9 Å². The van der Waals surface area contributed by atoms with Gasteiger partial charge in [-0.25, -0.2) is 14.4 Å². The highest BCUT2D eigenvalue weighted by Gasteiger charge is 2.42. The first-order valence-corrected chi connectivity index (χ1v) is 3.95. The van der Waals surface area contributed by atoms with Gasteiger partial charge in [-0.2, -0.15) is 13.2 Å². The van der Waals surface area contributed by atoms with Crippen LogP contribution in [-0.2, 0) is 23.9 Å². The van der Waals surface area contributed by atoms with E-state index < -0.39 is 24.1 Å². The number of ether oxygens (including phenoxy) is 2. The maximum atomic E-state index is 11.6. The lowest BCUT2D eigenvalue weighted by atomic mass is 10.5. The maximum Gasteiger partial charge on any atom is 0.491 e. The van der Waals surface area contributed by atoms with Gasteiger partial charge in [0.25, 0.3) is 0 Å². The minimum atomic E-state index is -5.26. The Morgan fingerprint density at radius 3 is 2.06 bits per heavy atom. The first-order chi connectivity index (χ1) is 7.27. The first kappa shape index (κ1) is 14.1. The predicted octanol–water partition coefficient (Wildman–Crippen LogP) is 0.738. The van der Waals surface area contributed by atoms with Gasteiger partial charge in [-0.1, -0.05) is 0 Å². The van der Waals surface area contributed by atoms with Crippen molar-refractivity contribution in [3.8, 4) is 0 Å². The van der Waals surface area contributed by atoms with Crippen LogP contribution in [0.4, 0.5) is 13.2 Å². The molecule has 0 aliphatic carbocycles. The number of carbonyl (C=O) groups is 3. The van der Waals surface area contributed by atoms with Crippen LogP contribution >= 0.6 is 0 Å². The fourth-order valence-corrected chi connectivity index (χ4v) is 0.510. The van der Waals surface area contributed by atoms with Crippen LogP contribution in [0.1, 0.15) is 6.92 Å². The van der Waals surface area contributed by atoms with Gasteiger partial charge in [0.15, 0.2) is 0 Å². The molecule has 0 radical (unpaired) electrons. The highest BCUT2D eigenvalue weighted by Crippen LogP contribution is 2.16. The molecule has 0 atom stereocenters. The molecule has 0 amide bonds. The van der Waals surface area contributed by atoms with Crippen LogP contribution in [0.5, 0.6) is 0 Å². The van der Waals surface area contributed by atoms with E-state index in [0.29, 0.717) is 12.2 Å². The molecule has 0 heterocycles. The van der Waals surface area contributed by atoms with E-state index in [1.165, 1.54) is 6.92 Å². The zero-order chi connectivity index (χ0) is 12.8. The highest BCUT2D eigenvalue weighted by atomic mass is 19.4. The summed E-state index contributed by atoms with van der Waals surface area (Å²) in [7, 11) is 0. The van der Waals surface area contributed by atoms with Crippen LogP contribution in [0.2, 0.25) is 0 Å². The van der Waals surface area contributed by atoms with Gasteiger partial charge < -0.3 is 9.47 Å². The molecule has 5 nitrogen and oxygen atoms in total. The monoisotopic (exact) mass is 240 g/mol. The van der Waals surface area contributed by atoms with E-state index in [2.05, 4.69) is 9.47 Å². The number of alkyl halides is 3. The molecule has 8 heteroatoms. The van der Waals surface area contributed by atoms with Crippen LogP contribution < -0.4 is 0 Å². The number of hydrogen-bond donors (Lipinski definition) is 0. The zero-order valence-corrected chi connectivity index (χ0v) is 8.04. The molecule has 0 saturated carbocycles. The second-order valence-corrected chi connectivity index (χ2v) is 2.29. The van der Waals surface area contributed by atoms with Gasteiger partial charge in [0.2, 0.25) is 0 Å². The Morgan fingerprint density at radius 1 is 1.12 bits per heavy atom. The Kier molecular flexibility index (Phi) is 5.20. The smallest absolute Gasteiger partial charge is 0.463 e. The van der Waals surface area contributed by atoms with Crippen molar-refractivity contribution in [2.24, 2.45) is 0 Å². The molecule has 0 aromatic carbocycles. The predicted molar refractivity (Wildman–Crippen MR) is 42.9 cm³/mol. The molecule has 90 valence electrons. The minimum Gasteiger partial charge on any atom is -0.463 e. The molecule has 16 heavy (non-hydrogen) atoms. The summed E-state index contributed by atoms with van der Waals surface area (Å²) in [4.78, 5) is 31.3. The highest BCUT2D eigenvalue weighted by molar-refractivity contribution is 5.97. The first-order valence-electron chi connectivity index (χ1n) is 3.95. The van der Waals surface area contributed by atoms with Crippen LogP contribution in [-0.4, -0.2) is 30.7 Å². The number of esters is 3. The third-order valence-electron chi connectivity index (χ3n) is 1.07. The van der Waals surface area contributed by atoms with Crippen molar-refractivity contribution in [3.63, 3.8) is 0 Å². The van der Waals surface area contributed by atoms with Gasteiger partial charge >= 0.3 is 24.1 Å². The van der Waals surface area contributed by atoms with Crippen molar-refractivity contribution in [1.29, 1.82) is 0 Å². The summed E-state index contributed by atoms with van der Waals surface area (Å²) in [5.41, 5.74) is 0. The molecule has 0 fully saturated rings. The van der Waals surface area contributed by atoms with Crippen LogP contribution in [0.25, 0.3) is 0 Å². The molecule has 0 N–H and O–H groups in total. The maximum absolute atomic E-state index is 11.6. The van der Waals surface area contributed by atoms with Crippen molar-refractivity contribution in [2.45, 2.75) is 13.1 Å². The quantitative estimate of drug-likeness (QED) is 0.413. The number of rotatable bonds is 3. The van der Waals surface area contributed by atoms with E-state index >= 15 is 0 Å². The minimum absolute atomic E-state index is 0.0414. The summed E-state index contributed by atoms with van der Waals surface area (Å²) in [6, 6.07) is 0. The largest absolute Gasteiger partial charge is 0.491 e. The van der Waals surface area contributed by atoms with Crippen molar-refractivity contribution < 1.29 is 37.0 Å². The lowest BCUT2D eigenvalue weighted by molar-refractivity contribution is -0.200. The van der Waals surface area contributed by atoms with E-state index in [-0.39, 0.29) is 6.61 Å². The lowest BCUT2D eigenvalue weighted by Gasteiger charge is -2.02. The summed E-state index contributed by atoms with van der Waals surface area (Å²) in [5.74, 6) is -5.18. The molecule has 0 aliphatic heterocycles. The van der Waals surface area contributed by atoms with Gasteiger partial charge in [-0.05, 0) is 6.92 Å². The van der Waals surface area contributed by atoms with E-state index in [0.717, 1.165) is 0 Å². The molecule has 0 bridgehead atoms. The lowest BCUT2D eigenvalue weighted by Crippen LogP contribution is -2.27. The zero-order valence-electron chi connectivity index (χ0n) is 8.04. The van der Waals surface area contributed by atoms with E-state index in [1.54, 1.807) is 0 Å². The van der Waals surface area contributed by atoms with E-state index in [4.69, 9.17) is 0 Å². The van der Waals surface area contributed by atoms with Crippen molar-refractivity contribution in [1.82, 2.24) is 0 Å². The van der Waals surface area contributed by atoms with Crippen LogP contribution in [0.3, 0.4) is 0 Å². The molecule has 0 unspecified atom stereocenters. The van der Waals surface area contributed by atoms with Gasteiger partial charge in [-0.3, -0.25) is 0 Å². The van der Waals surface area contributed by atoms with Gasteiger partial charge in [0.1, 0.15) is 0 Å². The fourth-order valence-electron chi connectivity index (χ4n) is 0.510. The van der Waals surface area contributed by atoms with Gasteiger partial charge in [-0.15, -0.1) is 0 Å². The second-order valence-electron chi connectivity index (χ2n) is 2.29.